The molecule has 25 heavy (non-hydrogen) atoms. The number of methoxy groups -OCH3 is 1. The normalized spacial score (nSPS) is 20.5. The van der Waals surface area contributed by atoms with Gasteiger partial charge in [-0.2, -0.15) is 4.52 Å². The molecule has 2 atom stereocenters. The van der Waals surface area contributed by atoms with Crippen molar-refractivity contribution in [3.8, 4) is 11.4 Å². The smallest absolute Gasteiger partial charge is 0.188 e. The van der Waals surface area contributed by atoms with Crippen LogP contribution in [0.15, 0.2) is 36.4 Å². The number of ether oxygens (including phenoxy) is 1. The molecule has 3 heterocycles. The molecule has 4 rings (SSSR count). The van der Waals surface area contributed by atoms with Gasteiger partial charge in [0.15, 0.2) is 11.5 Å². The summed E-state index contributed by atoms with van der Waals surface area (Å²) < 4.78 is 21.1. The minimum atomic E-state index is -0.377. The number of aliphatic hydroxyl groups excluding tert-OH is 1. The lowest BCUT2D eigenvalue weighted by molar-refractivity contribution is 0.115. The Kier molecular flexibility index (Phi) is 4.06. The van der Waals surface area contributed by atoms with E-state index in [4.69, 9.17) is 4.74 Å². The van der Waals surface area contributed by atoms with Crippen LogP contribution in [0.5, 0.6) is 0 Å². The van der Waals surface area contributed by atoms with E-state index in [1.165, 1.54) is 10.6 Å². The number of halogens is 1. The number of aliphatic hydroxyl groups is 1. The summed E-state index contributed by atoms with van der Waals surface area (Å²) in [5.41, 5.74) is 0.875. The largest absolute Gasteiger partial charge is 0.394 e. The second-order valence-electron chi connectivity index (χ2n) is 6.05. The van der Waals surface area contributed by atoms with Gasteiger partial charge in [0.05, 0.1) is 24.3 Å². The van der Waals surface area contributed by atoms with Crippen molar-refractivity contribution >= 4 is 11.5 Å². The van der Waals surface area contributed by atoms with Gasteiger partial charge >= 0.3 is 0 Å². The molecule has 0 saturated carbocycles. The fourth-order valence-electron chi connectivity index (χ4n) is 3.24. The van der Waals surface area contributed by atoms with E-state index in [1.807, 2.05) is 11.0 Å². The Morgan fingerprint density at radius 1 is 1.24 bits per heavy atom. The van der Waals surface area contributed by atoms with Gasteiger partial charge in [0, 0.05) is 13.7 Å². The van der Waals surface area contributed by atoms with E-state index in [0.29, 0.717) is 29.4 Å². The summed E-state index contributed by atoms with van der Waals surface area (Å²) in [6, 6.07) is 9.95. The number of rotatable bonds is 4. The molecule has 3 aromatic rings. The van der Waals surface area contributed by atoms with Crippen LogP contribution in [0.3, 0.4) is 0 Å². The highest BCUT2D eigenvalue weighted by atomic mass is 19.1. The Morgan fingerprint density at radius 3 is 2.84 bits per heavy atom. The molecule has 1 aliphatic heterocycles. The van der Waals surface area contributed by atoms with Gasteiger partial charge in [-0.3, -0.25) is 0 Å². The van der Waals surface area contributed by atoms with Crippen molar-refractivity contribution in [3.63, 3.8) is 0 Å². The third-order valence-electron chi connectivity index (χ3n) is 4.58. The summed E-state index contributed by atoms with van der Waals surface area (Å²) in [4.78, 5) is 2.00. The summed E-state index contributed by atoms with van der Waals surface area (Å²) in [6.07, 6.45) is 0.774. The van der Waals surface area contributed by atoms with Gasteiger partial charge in [0.1, 0.15) is 11.6 Å². The SMILES string of the molecule is CO[C@@H]1C[C@@H](CO)N(c2ccc3nnc(-c4ccccc4F)n3n2)C1. The van der Waals surface area contributed by atoms with E-state index < -0.39 is 0 Å². The van der Waals surface area contributed by atoms with Crippen LogP contribution in [0.4, 0.5) is 10.2 Å². The Balaban J connectivity index is 1.78. The standard InChI is InChI=1S/C17H18FN5O2/c1-25-12-8-11(10-24)22(9-12)16-7-6-15-19-20-17(23(15)21-16)13-4-2-3-5-14(13)18/h2-7,11-12,24H,8-10H2,1H3/t11-,12+/m0/s1. The second kappa shape index (κ2) is 6.38. The van der Waals surface area contributed by atoms with Crippen LogP contribution >= 0.6 is 0 Å². The Morgan fingerprint density at radius 2 is 2.08 bits per heavy atom. The Labute approximate surface area is 143 Å². The molecule has 1 fully saturated rings. The van der Waals surface area contributed by atoms with E-state index in [9.17, 15) is 9.50 Å². The van der Waals surface area contributed by atoms with Crippen molar-refractivity contribution < 1.29 is 14.2 Å². The monoisotopic (exact) mass is 343 g/mol. The molecule has 7 nitrogen and oxygen atoms in total. The molecule has 0 amide bonds. The molecule has 8 heteroatoms. The van der Waals surface area contributed by atoms with Crippen LogP contribution in [-0.2, 0) is 4.74 Å². The average molecular weight is 343 g/mol. The molecule has 0 bridgehead atoms. The first-order valence-electron chi connectivity index (χ1n) is 8.09. The Bertz CT molecular complexity index is 900. The molecule has 0 radical (unpaired) electrons. The molecule has 130 valence electrons. The predicted molar refractivity (Wildman–Crippen MR) is 89.8 cm³/mol. The van der Waals surface area contributed by atoms with Crippen LogP contribution in [-0.4, -0.2) is 57.3 Å². The average Bonchev–Trinajstić information content (AvgIpc) is 3.25. The summed E-state index contributed by atoms with van der Waals surface area (Å²) in [5.74, 6) is 0.638. The lowest BCUT2D eigenvalue weighted by Crippen LogP contribution is -2.33. The second-order valence-corrected chi connectivity index (χ2v) is 6.05. The maximum Gasteiger partial charge on any atom is 0.188 e. The molecule has 1 aromatic carbocycles. The van der Waals surface area contributed by atoms with E-state index >= 15 is 0 Å². The summed E-state index contributed by atoms with van der Waals surface area (Å²) in [7, 11) is 1.66. The topological polar surface area (TPSA) is 75.8 Å². The first-order valence-corrected chi connectivity index (χ1v) is 8.09. The third-order valence-corrected chi connectivity index (χ3v) is 4.58. The van der Waals surface area contributed by atoms with Crippen molar-refractivity contribution in [3.05, 3.63) is 42.2 Å². The van der Waals surface area contributed by atoms with E-state index in [2.05, 4.69) is 15.3 Å². The maximum atomic E-state index is 14.1. The van der Waals surface area contributed by atoms with E-state index in [0.717, 1.165) is 6.42 Å². The lowest BCUT2D eigenvalue weighted by atomic mass is 10.2. The minimum absolute atomic E-state index is 0.0158. The highest BCUT2D eigenvalue weighted by Gasteiger charge is 2.33. The third kappa shape index (κ3) is 2.73. The zero-order valence-corrected chi connectivity index (χ0v) is 13.7. The quantitative estimate of drug-likeness (QED) is 0.774. The molecule has 0 unspecified atom stereocenters. The highest BCUT2D eigenvalue weighted by molar-refractivity contribution is 5.60. The number of aromatic nitrogens is 4. The number of fused-ring (bicyclic) bond motifs is 1. The van der Waals surface area contributed by atoms with Gasteiger partial charge < -0.3 is 14.7 Å². The first kappa shape index (κ1) is 15.9. The maximum absolute atomic E-state index is 14.1. The van der Waals surface area contributed by atoms with Gasteiger partial charge in [0.25, 0.3) is 0 Å². The summed E-state index contributed by atoms with van der Waals surface area (Å²) in [5, 5.41) is 22.4. The number of nitrogens with zero attached hydrogens (tertiary/aromatic N) is 5. The van der Waals surface area contributed by atoms with Gasteiger partial charge in [-0.25, -0.2) is 4.39 Å². The van der Waals surface area contributed by atoms with Crippen molar-refractivity contribution in [1.82, 2.24) is 19.8 Å². The van der Waals surface area contributed by atoms with Gasteiger partial charge in [-0.15, -0.1) is 15.3 Å². The summed E-state index contributed by atoms with van der Waals surface area (Å²) >= 11 is 0. The van der Waals surface area contributed by atoms with Gasteiger partial charge in [-0.1, -0.05) is 12.1 Å². The van der Waals surface area contributed by atoms with Gasteiger partial charge in [0.2, 0.25) is 0 Å². The molecule has 1 saturated heterocycles. The summed E-state index contributed by atoms with van der Waals surface area (Å²) in [6.45, 7) is 0.652. The Hall–Kier alpha value is -2.58. The molecule has 1 aliphatic rings. The number of benzene rings is 1. The molecular formula is C17H18FN5O2. The molecule has 0 spiro atoms. The first-order chi connectivity index (χ1) is 12.2. The van der Waals surface area contributed by atoms with Crippen molar-refractivity contribution in [2.45, 2.75) is 18.6 Å². The van der Waals surface area contributed by atoms with Crippen molar-refractivity contribution in [1.29, 1.82) is 0 Å². The van der Waals surface area contributed by atoms with Gasteiger partial charge in [-0.05, 0) is 30.7 Å². The van der Waals surface area contributed by atoms with Crippen molar-refractivity contribution in [2.24, 2.45) is 0 Å². The van der Waals surface area contributed by atoms with Crippen LogP contribution in [0.25, 0.3) is 17.0 Å². The number of hydrogen-bond donors (Lipinski definition) is 1. The zero-order chi connectivity index (χ0) is 17.4. The minimum Gasteiger partial charge on any atom is -0.394 e. The lowest BCUT2D eigenvalue weighted by Gasteiger charge is -2.23. The molecule has 0 aliphatic carbocycles. The highest BCUT2D eigenvalue weighted by Crippen LogP contribution is 2.27. The number of hydrogen-bond acceptors (Lipinski definition) is 6. The van der Waals surface area contributed by atoms with Crippen molar-refractivity contribution in [2.75, 3.05) is 25.2 Å². The van der Waals surface area contributed by atoms with Crippen LogP contribution in [0.1, 0.15) is 6.42 Å². The molecule has 2 aromatic heterocycles. The van der Waals surface area contributed by atoms with E-state index in [1.54, 1.807) is 31.4 Å². The molecule has 1 N–H and O–H groups in total. The number of anilines is 1. The zero-order valence-electron chi connectivity index (χ0n) is 13.7. The van der Waals surface area contributed by atoms with Crippen LogP contribution in [0, 0.1) is 5.82 Å². The van der Waals surface area contributed by atoms with Crippen LogP contribution < -0.4 is 4.90 Å². The van der Waals surface area contributed by atoms with E-state index in [-0.39, 0.29) is 24.6 Å². The fraction of sp³-hybridized carbons (Fsp3) is 0.353. The van der Waals surface area contributed by atoms with Crippen LogP contribution in [0.2, 0.25) is 0 Å². The predicted octanol–water partition coefficient (Wildman–Crippen LogP) is 1.52. The fourth-order valence-corrected chi connectivity index (χ4v) is 3.24. The molecular weight excluding hydrogens is 325 g/mol.